The van der Waals surface area contributed by atoms with Crippen molar-refractivity contribution in [1.29, 1.82) is 0 Å². The molecular formula is C11H12N2O5S. The van der Waals surface area contributed by atoms with Crippen molar-refractivity contribution < 1.29 is 19.6 Å². The van der Waals surface area contributed by atoms with Gasteiger partial charge in [-0.3, -0.25) is 19.7 Å². The van der Waals surface area contributed by atoms with E-state index >= 15 is 0 Å². The molecule has 1 N–H and O–H groups in total. The predicted molar refractivity (Wildman–Crippen MR) is 69.9 cm³/mol. The number of carboxylic acid groups (broad SMARTS) is 1. The van der Waals surface area contributed by atoms with Gasteiger partial charge in [-0.05, 0) is 12.1 Å². The lowest BCUT2D eigenvalue weighted by Crippen LogP contribution is -2.27. The Bertz CT molecular complexity index is 523. The fraction of sp³-hybridized carbons (Fsp3) is 0.273. The zero-order valence-electron chi connectivity index (χ0n) is 10.1. The van der Waals surface area contributed by atoms with Crippen molar-refractivity contribution in [3.05, 3.63) is 33.2 Å². The van der Waals surface area contributed by atoms with Crippen LogP contribution in [0.15, 0.2) is 18.2 Å². The minimum absolute atomic E-state index is 0.00586. The fourth-order valence-corrected chi connectivity index (χ4v) is 1.91. The molecule has 1 amide bonds. The highest BCUT2D eigenvalue weighted by Crippen LogP contribution is 2.24. The molecule has 0 unspecified atom stereocenters. The van der Waals surface area contributed by atoms with Gasteiger partial charge in [0.05, 0.1) is 11.3 Å². The van der Waals surface area contributed by atoms with Gasteiger partial charge in [0.2, 0.25) is 5.91 Å². The average molecular weight is 284 g/mol. The summed E-state index contributed by atoms with van der Waals surface area (Å²) in [4.78, 5) is 33.8. The molecule has 7 nitrogen and oxygen atoms in total. The number of aliphatic carboxylic acids is 1. The normalized spacial score (nSPS) is 10.6. The minimum atomic E-state index is -0.975. The van der Waals surface area contributed by atoms with Crippen molar-refractivity contribution in [1.82, 2.24) is 4.90 Å². The third kappa shape index (κ3) is 4.88. The van der Waals surface area contributed by atoms with E-state index in [1.807, 2.05) is 0 Å². The quantitative estimate of drug-likeness (QED) is 0.486. The molecule has 0 radical (unpaired) electrons. The van der Waals surface area contributed by atoms with Crippen molar-refractivity contribution in [3.63, 3.8) is 0 Å². The molecule has 1 heterocycles. The lowest BCUT2D eigenvalue weighted by atomic mass is 10.3. The Balaban J connectivity index is 2.57. The van der Waals surface area contributed by atoms with E-state index in [0.717, 1.165) is 11.3 Å². The molecule has 0 aliphatic carbocycles. The molecule has 0 bridgehead atoms. The van der Waals surface area contributed by atoms with Crippen molar-refractivity contribution in [2.45, 2.75) is 6.42 Å². The number of rotatable bonds is 6. The molecule has 19 heavy (non-hydrogen) atoms. The lowest BCUT2D eigenvalue weighted by Gasteiger charge is -2.12. The van der Waals surface area contributed by atoms with E-state index in [4.69, 9.17) is 5.11 Å². The number of likely N-dealkylation sites (N-methyl/N-ethyl adjacent to an activating group) is 1. The Kier molecular flexibility index (Phi) is 5.19. The van der Waals surface area contributed by atoms with Crippen molar-refractivity contribution in [3.8, 4) is 0 Å². The van der Waals surface area contributed by atoms with Crippen molar-refractivity contribution in [2.24, 2.45) is 0 Å². The number of nitro groups is 1. The molecule has 0 aliphatic heterocycles. The van der Waals surface area contributed by atoms with Crippen LogP contribution < -0.4 is 0 Å². The summed E-state index contributed by atoms with van der Waals surface area (Å²) in [6.45, 7) is 0.114. The fourth-order valence-electron chi connectivity index (χ4n) is 1.18. The van der Waals surface area contributed by atoms with Crippen LogP contribution in [-0.2, 0) is 9.59 Å². The Morgan fingerprint density at radius 3 is 2.74 bits per heavy atom. The first-order valence-electron chi connectivity index (χ1n) is 5.29. The maximum absolute atomic E-state index is 11.6. The number of amides is 1. The van der Waals surface area contributed by atoms with Gasteiger partial charge in [0.25, 0.3) is 0 Å². The van der Waals surface area contributed by atoms with Gasteiger partial charge in [-0.15, -0.1) is 0 Å². The first-order chi connectivity index (χ1) is 8.90. The zero-order chi connectivity index (χ0) is 14.4. The molecule has 0 aromatic carbocycles. The van der Waals surface area contributed by atoms with Gasteiger partial charge in [-0.2, -0.15) is 0 Å². The standard InChI is InChI=1S/C11H12N2O5S/c1-12(7-6-11(15)16)9(14)4-2-8-3-5-10(19-8)13(17)18/h2-5H,6-7H2,1H3,(H,15,16)/b4-2+. The summed E-state index contributed by atoms with van der Waals surface area (Å²) in [5.41, 5.74) is 0. The maximum atomic E-state index is 11.6. The summed E-state index contributed by atoms with van der Waals surface area (Å²) in [5, 5.41) is 19.0. The average Bonchev–Trinajstić information content (AvgIpc) is 2.81. The number of carbonyl (C=O) groups is 2. The van der Waals surface area contributed by atoms with Gasteiger partial charge in [-0.25, -0.2) is 0 Å². The largest absolute Gasteiger partial charge is 0.481 e. The zero-order valence-corrected chi connectivity index (χ0v) is 10.9. The molecule has 8 heteroatoms. The summed E-state index contributed by atoms with van der Waals surface area (Å²) in [6, 6.07) is 2.91. The molecule has 1 aromatic rings. The molecule has 0 fully saturated rings. The van der Waals surface area contributed by atoms with Crippen molar-refractivity contribution >= 4 is 34.3 Å². The van der Waals surface area contributed by atoms with E-state index in [9.17, 15) is 19.7 Å². The summed E-state index contributed by atoms with van der Waals surface area (Å²) < 4.78 is 0. The highest BCUT2D eigenvalue weighted by atomic mass is 32.1. The van der Waals surface area contributed by atoms with Crippen LogP contribution in [0.5, 0.6) is 0 Å². The maximum Gasteiger partial charge on any atom is 0.324 e. The van der Waals surface area contributed by atoms with Gasteiger partial charge in [0.1, 0.15) is 0 Å². The highest BCUT2D eigenvalue weighted by Gasteiger charge is 2.09. The molecule has 1 aromatic heterocycles. The molecule has 0 saturated heterocycles. The number of hydrogen-bond donors (Lipinski definition) is 1. The Hall–Kier alpha value is -2.22. The van der Waals surface area contributed by atoms with Crippen LogP contribution in [-0.4, -0.2) is 40.4 Å². The SMILES string of the molecule is CN(CCC(=O)O)C(=O)/C=C/c1ccc([N+](=O)[O-])s1. The third-order valence-electron chi connectivity index (χ3n) is 2.22. The van der Waals surface area contributed by atoms with Gasteiger partial charge >= 0.3 is 11.0 Å². The summed E-state index contributed by atoms with van der Waals surface area (Å²) in [5.74, 6) is -1.32. The first kappa shape index (κ1) is 14.8. The lowest BCUT2D eigenvalue weighted by molar-refractivity contribution is -0.380. The smallest absolute Gasteiger partial charge is 0.324 e. The molecule has 0 spiro atoms. The minimum Gasteiger partial charge on any atom is -0.481 e. The third-order valence-corrected chi connectivity index (χ3v) is 3.22. The predicted octanol–water partition coefficient (Wildman–Crippen LogP) is 1.60. The second-order valence-electron chi connectivity index (χ2n) is 3.67. The molecule has 0 atom stereocenters. The van der Waals surface area contributed by atoms with Crippen LogP contribution in [0.2, 0.25) is 0 Å². The molecule has 1 rings (SSSR count). The van der Waals surface area contributed by atoms with Gasteiger partial charge in [0.15, 0.2) is 0 Å². The van der Waals surface area contributed by atoms with Gasteiger partial charge in [0, 0.05) is 30.6 Å². The number of nitrogens with zero attached hydrogens (tertiary/aromatic N) is 2. The molecular weight excluding hydrogens is 272 g/mol. The molecule has 102 valence electrons. The Morgan fingerprint density at radius 1 is 1.53 bits per heavy atom. The van der Waals surface area contributed by atoms with Crippen LogP contribution in [0.1, 0.15) is 11.3 Å². The highest BCUT2D eigenvalue weighted by molar-refractivity contribution is 7.16. The van der Waals surface area contributed by atoms with E-state index < -0.39 is 10.9 Å². The molecule has 0 saturated carbocycles. The van der Waals surface area contributed by atoms with E-state index in [2.05, 4.69) is 0 Å². The topological polar surface area (TPSA) is 101 Å². The van der Waals surface area contributed by atoms with E-state index in [0.29, 0.717) is 4.88 Å². The van der Waals surface area contributed by atoms with Crippen LogP contribution in [0, 0.1) is 10.1 Å². The summed E-state index contributed by atoms with van der Waals surface area (Å²) >= 11 is 0.962. The number of carbonyl (C=O) groups excluding carboxylic acids is 1. The summed E-state index contributed by atoms with van der Waals surface area (Å²) in [6.07, 6.45) is 2.61. The monoisotopic (exact) mass is 284 g/mol. The second kappa shape index (κ2) is 6.64. The number of thiophene rings is 1. The van der Waals surface area contributed by atoms with Crippen LogP contribution in [0.3, 0.4) is 0 Å². The molecule has 0 aliphatic rings. The van der Waals surface area contributed by atoms with E-state index in [1.165, 1.54) is 30.2 Å². The second-order valence-corrected chi connectivity index (χ2v) is 4.76. The van der Waals surface area contributed by atoms with Crippen LogP contribution in [0.4, 0.5) is 5.00 Å². The van der Waals surface area contributed by atoms with Crippen molar-refractivity contribution in [2.75, 3.05) is 13.6 Å². The van der Waals surface area contributed by atoms with Crippen LogP contribution >= 0.6 is 11.3 Å². The van der Waals surface area contributed by atoms with Gasteiger partial charge < -0.3 is 10.0 Å². The number of hydrogen-bond acceptors (Lipinski definition) is 5. The number of carboxylic acids is 1. The van der Waals surface area contributed by atoms with Crippen LogP contribution in [0.25, 0.3) is 6.08 Å². The Labute approximate surface area is 112 Å². The van der Waals surface area contributed by atoms with Gasteiger partial charge in [-0.1, -0.05) is 11.3 Å². The Morgan fingerprint density at radius 2 is 2.21 bits per heavy atom. The van der Waals surface area contributed by atoms with E-state index in [-0.39, 0.29) is 23.9 Å². The first-order valence-corrected chi connectivity index (χ1v) is 6.11. The van der Waals surface area contributed by atoms with E-state index in [1.54, 1.807) is 6.07 Å². The summed E-state index contributed by atoms with van der Waals surface area (Å²) in [7, 11) is 1.49.